The number of benzene rings is 1. The molecule has 0 aliphatic rings. The quantitative estimate of drug-likeness (QED) is 0.411. The van der Waals surface area contributed by atoms with Crippen LogP contribution in [0.2, 0.25) is 0 Å². The van der Waals surface area contributed by atoms with Crippen LogP contribution in [0.4, 0.5) is 13.2 Å². The van der Waals surface area contributed by atoms with Crippen LogP contribution >= 0.6 is 11.3 Å². The van der Waals surface area contributed by atoms with Crippen molar-refractivity contribution in [1.29, 1.82) is 0 Å². The maximum atomic E-state index is 13.9. The molecule has 8 nitrogen and oxygen atoms in total. The fraction of sp³-hybridized carbons (Fsp3) is 0.227. The number of ether oxygens (including phenoxy) is 3. The summed E-state index contributed by atoms with van der Waals surface area (Å²) in [5.74, 6) is 0.180. The molecule has 0 atom stereocenters. The van der Waals surface area contributed by atoms with Crippen LogP contribution in [0.1, 0.15) is 20.9 Å². The molecule has 178 valence electrons. The normalized spacial score (nSPS) is 11.5. The summed E-state index contributed by atoms with van der Waals surface area (Å²) in [4.78, 5) is 18.0. The summed E-state index contributed by atoms with van der Waals surface area (Å²) < 4.78 is 58.2. The van der Waals surface area contributed by atoms with Gasteiger partial charge in [-0.25, -0.2) is 9.50 Å². The van der Waals surface area contributed by atoms with Crippen molar-refractivity contribution in [3.8, 4) is 28.5 Å². The maximum Gasteiger partial charge on any atom is 0.433 e. The molecule has 4 aromatic rings. The number of hydrogen-bond acceptors (Lipinski definition) is 7. The molecule has 0 saturated carbocycles. The number of rotatable bonds is 7. The van der Waals surface area contributed by atoms with Gasteiger partial charge in [0.1, 0.15) is 5.56 Å². The number of amides is 1. The number of carbonyl (C=O) groups is 1. The van der Waals surface area contributed by atoms with Crippen LogP contribution in [0.3, 0.4) is 0 Å². The van der Waals surface area contributed by atoms with E-state index in [1.165, 1.54) is 44.8 Å². The van der Waals surface area contributed by atoms with Gasteiger partial charge in [0.05, 0.1) is 39.8 Å². The van der Waals surface area contributed by atoms with Gasteiger partial charge in [-0.05, 0) is 29.6 Å². The summed E-state index contributed by atoms with van der Waals surface area (Å²) >= 11 is 1.45. The zero-order valence-corrected chi connectivity index (χ0v) is 19.1. The Hall–Kier alpha value is -3.80. The van der Waals surface area contributed by atoms with Gasteiger partial charge in [-0.15, -0.1) is 11.3 Å². The van der Waals surface area contributed by atoms with E-state index >= 15 is 0 Å². The first-order valence-corrected chi connectivity index (χ1v) is 10.7. The van der Waals surface area contributed by atoms with Gasteiger partial charge in [0, 0.05) is 10.4 Å². The van der Waals surface area contributed by atoms with Crippen molar-refractivity contribution in [3.63, 3.8) is 0 Å². The predicted octanol–water partition coefficient (Wildman–Crippen LogP) is 4.43. The van der Waals surface area contributed by atoms with E-state index in [4.69, 9.17) is 14.2 Å². The van der Waals surface area contributed by atoms with E-state index in [1.807, 2.05) is 17.5 Å². The molecular formula is C22H19F3N4O4S. The van der Waals surface area contributed by atoms with Crippen LogP contribution in [0.15, 0.2) is 41.9 Å². The van der Waals surface area contributed by atoms with E-state index in [0.29, 0.717) is 4.52 Å². The minimum absolute atomic E-state index is 0.0492. The van der Waals surface area contributed by atoms with Crippen LogP contribution in [-0.2, 0) is 12.7 Å². The standard InChI is InChI=1S/C22H19F3N4O4S/c1-31-16-7-12(8-17(32-2)19(16)33-3)15-9-18(22(23,24)25)29-20(28-15)14(11-27-29)21(30)26-10-13-5-4-6-34-13/h4-9,11H,10H2,1-3H3,(H,26,30). The molecule has 0 spiro atoms. The number of fused-ring (bicyclic) bond motifs is 1. The van der Waals surface area contributed by atoms with Gasteiger partial charge in [0.2, 0.25) is 5.75 Å². The highest BCUT2D eigenvalue weighted by Gasteiger charge is 2.36. The molecule has 1 aromatic carbocycles. The molecule has 0 unspecified atom stereocenters. The summed E-state index contributed by atoms with van der Waals surface area (Å²) in [6, 6.07) is 7.49. The van der Waals surface area contributed by atoms with E-state index < -0.39 is 17.8 Å². The van der Waals surface area contributed by atoms with Gasteiger partial charge in [-0.3, -0.25) is 4.79 Å². The van der Waals surface area contributed by atoms with Crippen LogP contribution in [0.25, 0.3) is 16.9 Å². The monoisotopic (exact) mass is 492 g/mol. The van der Waals surface area contributed by atoms with Crippen LogP contribution in [0, 0.1) is 0 Å². The van der Waals surface area contributed by atoms with Crippen LogP contribution in [-0.4, -0.2) is 41.8 Å². The molecule has 34 heavy (non-hydrogen) atoms. The van der Waals surface area contributed by atoms with E-state index in [1.54, 1.807) is 0 Å². The molecule has 0 bridgehead atoms. The van der Waals surface area contributed by atoms with Crippen molar-refractivity contribution >= 4 is 22.9 Å². The van der Waals surface area contributed by atoms with Gasteiger partial charge in [0.15, 0.2) is 22.8 Å². The van der Waals surface area contributed by atoms with Crippen LogP contribution < -0.4 is 19.5 Å². The number of hydrogen-bond donors (Lipinski definition) is 1. The summed E-state index contributed by atoms with van der Waals surface area (Å²) in [5, 5.41) is 8.34. The molecule has 0 saturated heterocycles. The number of nitrogens with zero attached hydrogens (tertiary/aromatic N) is 3. The highest BCUT2D eigenvalue weighted by molar-refractivity contribution is 7.09. The number of nitrogens with one attached hydrogen (secondary N) is 1. The van der Waals surface area contributed by atoms with Crippen molar-refractivity contribution in [2.24, 2.45) is 0 Å². The molecule has 3 heterocycles. The summed E-state index contributed by atoms with van der Waals surface area (Å²) in [6.07, 6.45) is -3.69. The third kappa shape index (κ3) is 4.36. The Morgan fingerprint density at radius 3 is 2.38 bits per heavy atom. The zero-order valence-electron chi connectivity index (χ0n) is 18.3. The molecule has 4 rings (SSSR count). The van der Waals surface area contributed by atoms with Gasteiger partial charge < -0.3 is 19.5 Å². The second-order valence-corrected chi connectivity index (χ2v) is 8.03. The highest BCUT2D eigenvalue weighted by Crippen LogP contribution is 2.42. The average molecular weight is 492 g/mol. The minimum atomic E-state index is -4.76. The summed E-state index contributed by atoms with van der Waals surface area (Å²) in [7, 11) is 4.21. The van der Waals surface area contributed by atoms with Crippen molar-refractivity contribution in [3.05, 3.63) is 58.0 Å². The lowest BCUT2D eigenvalue weighted by Crippen LogP contribution is -2.22. The lowest BCUT2D eigenvalue weighted by molar-refractivity contribution is -0.142. The van der Waals surface area contributed by atoms with Crippen LogP contribution in [0.5, 0.6) is 17.2 Å². The first-order valence-electron chi connectivity index (χ1n) is 9.83. The van der Waals surface area contributed by atoms with Crippen molar-refractivity contribution in [2.75, 3.05) is 21.3 Å². The smallest absolute Gasteiger partial charge is 0.433 e. The first kappa shape index (κ1) is 23.4. The van der Waals surface area contributed by atoms with Crippen molar-refractivity contribution in [1.82, 2.24) is 19.9 Å². The fourth-order valence-electron chi connectivity index (χ4n) is 3.38. The average Bonchev–Trinajstić information content (AvgIpc) is 3.50. The van der Waals surface area contributed by atoms with E-state index in [2.05, 4.69) is 15.4 Å². The molecule has 1 N–H and O–H groups in total. The second kappa shape index (κ2) is 9.21. The largest absolute Gasteiger partial charge is 0.493 e. The Morgan fingerprint density at radius 1 is 1.12 bits per heavy atom. The molecule has 1 amide bonds. The molecule has 12 heteroatoms. The minimum Gasteiger partial charge on any atom is -0.493 e. The molecule has 0 aliphatic carbocycles. The first-order chi connectivity index (χ1) is 16.3. The zero-order chi connectivity index (χ0) is 24.5. The Bertz CT molecular complexity index is 1310. The van der Waals surface area contributed by atoms with E-state index in [-0.39, 0.29) is 46.3 Å². The molecular weight excluding hydrogens is 473 g/mol. The third-order valence-electron chi connectivity index (χ3n) is 4.97. The Labute approximate surface area is 195 Å². The molecule has 0 radical (unpaired) electrons. The third-order valence-corrected chi connectivity index (χ3v) is 5.85. The topological polar surface area (TPSA) is 87.0 Å². The Balaban J connectivity index is 1.85. The Morgan fingerprint density at radius 2 is 1.82 bits per heavy atom. The Kier molecular flexibility index (Phi) is 6.33. The van der Waals surface area contributed by atoms with Crippen molar-refractivity contribution in [2.45, 2.75) is 12.7 Å². The SMILES string of the molecule is COc1cc(-c2cc(C(F)(F)F)n3ncc(C(=O)NCc4cccs4)c3n2)cc(OC)c1OC. The van der Waals surface area contributed by atoms with Gasteiger partial charge >= 0.3 is 6.18 Å². The van der Waals surface area contributed by atoms with E-state index in [9.17, 15) is 18.0 Å². The fourth-order valence-corrected chi connectivity index (χ4v) is 4.02. The number of carbonyl (C=O) groups excluding carboxylic acids is 1. The van der Waals surface area contributed by atoms with Crippen molar-refractivity contribution < 1.29 is 32.2 Å². The maximum absolute atomic E-state index is 13.9. The lowest BCUT2D eigenvalue weighted by Gasteiger charge is -2.15. The number of methoxy groups -OCH3 is 3. The highest BCUT2D eigenvalue weighted by atomic mass is 32.1. The number of thiophene rings is 1. The van der Waals surface area contributed by atoms with Gasteiger partial charge in [-0.2, -0.15) is 18.3 Å². The van der Waals surface area contributed by atoms with Gasteiger partial charge in [-0.1, -0.05) is 6.07 Å². The number of alkyl halides is 3. The lowest BCUT2D eigenvalue weighted by atomic mass is 10.1. The summed E-state index contributed by atoms with van der Waals surface area (Å²) in [6.45, 7) is 0.229. The molecule has 3 aromatic heterocycles. The molecule has 0 fully saturated rings. The number of halogens is 3. The second-order valence-electron chi connectivity index (χ2n) is 6.99. The summed E-state index contributed by atoms with van der Waals surface area (Å²) in [5.41, 5.74) is -1.18. The number of aromatic nitrogens is 3. The molecule has 0 aliphatic heterocycles. The van der Waals surface area contributed by atoms with Gasteiger partial charge in [0.25, 0.3) is 5.91 Å². The van der Waals surface area contributed by atoms with E-state index in [0.717, 1.165) is 17.1 Å². The predicted molar refractivity (Wildman–Crippen MR) is 119 cm³/mol.